The minimum Gasteiger partial charge on any atom is -0.329 e. The summed E-state index contributed by atoms with van der Waals surface area (Å²) >= 11 is 5.83. The van der Waals surface area contributed by atoms with Crippen LogP contribution < -0.4 is 11.2 Å². The topological polar surface area (TPSA) is 58.4 Å². The number of amides is 1. The molecule has 1 aliphatic heterocycles. The second kappa shape index (κ2) is 4.82. The van der Waals surface area contributed by atoms with E-state index in [1.165, 1.54) is 0 Å². The van der Waals surface area contributed by atoms with Crippen molar-refractivity contribution < 1.29 is 4.79 Å². The van der Waals surface area contributed by atoms with Gasteiger partial charge in [0.1, 0.15) is 0 Å². The molecule has 1 aromatic carbocycles. The van der Waals surface area contributed by atoms with Crippen molar-refractivity contribution in [3.8, 4) is 0 Å². The zero-order valence-electron chi connectivity index (χ0n) is 8.82. The van der Waals surface area contributed by atoms with Crippen LogP contribution in [0.3, 0.4) is 0 Å². The van der Waals surface area contributed by atoms with Gasteiger partial charge in [-0.15, -0.1) is 0 Å². The third-order valence-electron chi connectivity index (χ3n) is 2.65. The number of nitrogens with zero attached hydrogens (tertiary/aromatic N) is 1. The summed E-state index contributed by atoms with van der Waals surface area (Å²) in [5, 5.41) is 2.58. The Morgan fingerprint density at radius 3 is 2.75 bits per heavy atom. The normalized spacial score (nSPS) is 21.1. The highest BCUT2D eigenvalue weighted by Crippen LogP contribution is 2.27. The van der Waals surface area contributed by atoms with E-state index in [4.69, 9.17) is 17.3 Å². The predicted octanol–water partition coefficient (Wildman–Crippen LogP) is 1.08. The summed E-state index contributed by atoms with van der Waals surface area (Å²) in [6.07, 6.45) is 0.474. The van der Waals surface area contributed by atoms with Crippen LogP contribution in [0, 0.1) is 0 Å². The van der Waals surface area contributed by atoms with Crippen LogP contribution >= 0.6 is 11.6 Å². The number of benzene rings is 1. The van der Waals surface area contributed by atoms with Crippen LogP contribution in [0.5, 0.6) is 0 Å². The van der Waals surface area contributed by atoms with E-state index in [1.54, 1.807) is 0 Å². The maximum absolute atomic E-state index is 11.4. The molecule has 86 valence electrons. The molecule has 5 heteroatoms. The first kappa shape index (κ1) is 11.4. The molecule has 4 nitrogen and oxygen atoms in total. The van der Waals surface area contributed by atoms with Crippen LogP contribution in [0.1, 0.15) is 18.0 Å². The number of rotatable bonds is 3. The van der Waals surface area contributed by atoms with Gasteiger partial charge in [-0.3, -0.25) is 10.2 Å². The van der Waals surface area contributed by atoms with Crippen molar-refractivity contribution >= 4 is 17.5 Å². The molecule has 0 radical (unpaired) electrons. The van der Waals surface area contributed by atoms with E-state index < -0.39 is 0 Å². The van der Waals surface area contributed by atoms with Gasteiger partial charge in [0.15, 0.2) is 0 Å². The van der Waals surface area contributed by atoms with Crippen LogP contribution in [0.2, 0.25) is 5.02 Å². The molecule has 0 aliphatic carbocycles. The zero-order valence-corrected chi connectivity index (χ0v) is 9.57. The largest absolute Gasteiger partial charge is 0.329 e. The number of hydrogen-bond acceptors (Lipinski definition) is 3. The lowest BCUT2D eigenvalue weighted by Crippen LogP contribution is -2.38. The quantitative estimate of drug-likeness (QED) is 0.830. The molecule has 1 heterocycles. The highest BCUT2D eigenvalue weighted by Gasteiger charge is 2.30. The van der Waals surface area contributed by atoms with Gasteiger partial charge in [-0.25, -0.2) is 5.01 Å². The standard InChI is InChI=1S/C11H14ClN3O/c12-9-3-1-8(2-4-9)10-7-11(16)14-15(10)6-5-13/h1-4,10H,5-7,13H2,(H,14,16). The van der Waals surface area contributed by atoms with Crippen molar-refractivity contribution in [2.75, 3.05) is 13.1 Å². The van der Waals surface area contributed by atoms with Gasteiger partial charge >= 0.3 is 0 Å². The molecule has 1 amide bonds. The summed E-state index contributed by atoms with van der Waals surface area (Å²) in [4.78, 5) is 11.4. The highest BCUT2D eigenvalue weighted by atomic mass is 35.5. The van der Waals surface area contributed by atoms with Gasteiger partial charge in [-0.05, 0) is 17.7 Å². The second-order valence-electron chi connectivity index (χ2n) is 3.79. The van der Waals surface area contributed by atoms with Gasteiger partial charge in [0.2, 0.25) is 5.91 Å². The van der Waals surface area contributed by atoms with Gasteiger partial charge in [0.25, 0.3) is 0 Å². The van der Waals surface area contributed by atoms with Crippen molar-refractivity contribution in [1.82, 2.24) is 10.4 Å². The van der Waals surface area contributed by atoms with Crippen molar-refractivity contribution in [2.45, 2.75) is 12.5 Å². The minimum absolute atomic E-state index is 0.0356. The third-order valence-corrected chi connectivity index (χ3v) is 2.90. The van der Waals surface area contributed by atoms with E-state index in [2.05, 4.69) is 5.43 Å². The van der Waals surface area contributed by atoms with Crippen molar-refractivity contribution in [2.24, 2.45) is 5.73 Å². The summed E-state index contributed by atoms with van der Waals surface area (Å²) in [6, 6.07) is 7.61. The number of hydrazine groups is 1. The lowest BCUT2D eigenvalue weighted by Gasteiger charge is -2.22. The summed E-state index contributed by atoms with van der Waals surface area (Å²) in [6.45, 7) is 1.17. The summed E-state index contributed by atoms with van der Waals surface area (Å²) in [7, 11) is 0. The summed E-state index contributed by atoms with van der Waals surface area (Å²) in [5.74, 6) is 0.0356. The average Bonchev–Trinajstić information content (AvgIpc) is 2.61. The number of nitrogens with two attached hydrogens (primary N) is 1. The van der Waals surface area contributed by atoms with E-state index in [0.29, 0.717) is 24.5 Å². The fraction of sp³-hybridized carbons (Fsp3) is 0.364. The van der Waals surface area contributed by atoms with E-state index >= 15 is 0 Å². The predicted molar refractivity (Wildman–Crippen MR) is 62.7 cm³/mol. The van der Waals surface area contributed by atoms with E-state index in [0.717, 1.165) is 5.56 Å². The molecule has 1 atom stereocenters. The maximum Gasteiger partial charge on any atom is 0.236 e. The van der Waals surface area contributed by atoms with E-state index in [1.807, 2.05) is 29.3 Å². The Labute approximate surface area is 99.3 Å². The molecule has 1 saturated heterocycles. The Balaban J connectivity index is 2.18. The number of halogens is 1. The van der Waals surface area contributed by atoms with Gasteiger partial charge in [-0.1, -0.05) is 23.7 Å². The summed E-state index contributed by atoms with van der Waals surface area (Å²) < 4.78 is 0. The van der Waals surface area contributed by atoms with Gasteiger partial charge in [0.05, 0.1) is 6.04 Å². The summed E-state index contributed by atoms with van der Waals surface area (Å²) in [5.41, 5.74) is 9.38. The SMILES string of the molecule is NCCN1NC(=O)CC1c1ccc(Cl)cc1. The molecule has 1 fully saturated rings. The highest BCUT2D eigenvalue weighted by molar-refractivity contribution is 6.30. The van der Waals surface area contributed by atoms with Gasteiger partial charge in [-0.2, -0.15) is 0 Å². The average molecular weight is 240 g/mol. The van der Waals surface area contributed by atoms with Crippen molar-refractivity contribution in [1.29, 1.82) is 0 Å². The molecule has 3 N–H and O–H groups in total. The molecule has 2 rings (SSSR count). The number of hydrogen-bond donors (Lipinski definition) is 2. The Bertz CT molecular complexity index is 379. The Hall–Kier alpha value is -1.10. The molecule has 1 aliphatic rings. The van der Waals surface area contributed by atoms with Crippen LogP contribution in [0.15, 0.2) is 24.3 Å². The van der Waals surface area contributed by atoms with Crippen molar-refractivity contribution in [3.63, 3.8) is 0 Å². The smallest absolute Gasteiger partial charge is 0.236 e. The molecule has 0 saturated carbocycles. The Morgan fingerprint density at radius 1 is 1.44 bits per heavy atom. The first-order valence-electron chi connectivity index (χ1n) is 5.22. The molecule has 0 bridgehead atoms. The van der Waals surface area contributed by atoms with Gasteiger partial charge in [0, 0.05) is 24.5 Å². The van der Waals surface area contributed by atoms with E-state index in [-0.39, 0.29) is 11.9 Å². The lowest BCUT2D eigenvalue weighted by atomic mass is 10.0. The Morgan fingerprint density at radius 2 is 2.12 bits per heavy atom. The zero-order chi connectivity index (χ0) is 11.5. The fourth-order valence-corrected chi connectivity index (χ4v) is 2.03. The van der Waals surface area contributed by atoms with Crippen LogP contribution in [0.4, 0.5) is 0 Å². The molecule has 1 aromatic rings. The number of carbonyl (C=O) groups excluding carboxylic acids is 1. The molecular weight excluding hydrogens is 226 g/mol. The lowest BCUT2D eigenvalue weighted by molar-refractivity contribution is -0.120. The van der Waals surface area contributed by atoms with Crippen LogP contribution in [-0.2, 0) is 4.79 Å². The third kappa shape index (κ3) is 2.35. The first-order valence-corrected chi connectivity index (χ1v) is 5.60. The second-order valence-corrected chi connectivity index (χ2v) is 4.22. The maximum atomic E-state index is 11.4. The minimum atomic E-state index is 0.0356. The molecular formula is C11H14ClN3O. The molecule has 0 aromatic heterocycles. The monoisotopic (exact) mass is 239 g/mol. The molecule has 1 unspecified atom stereocenters. The van der Waals surface area contributed by atoms with E-state index in [9.17, 15) is 4.79 Å². The van der Waals surface area contributed by atoms with Gasteiger partial charge < -0.3 is 5.73 Å². The number of carbonyl (C=O) groups is 1. The molecule has 0 spiro atoms. The van der Waals surface area contributed by atoms with Crippen molar-refractivity contribution in [3.05, 3.63) is 34.9 Å². The number of nitrogens with one attached hydrogen (secondary N) is 1. The molecule has 16 heavy (non-hydrogen) atoms. The fourth-order valence-electron chi connectivity index (χ4n) is 1.90. The Kier molecular flexibility index (Phi) is 3.43. The first-order chi connectivity index (χ1) is 7.70. The van der Waals surface area contributed by atoms with Crippen LogP contribution in [-0.4, -0.2) is 24.0 Å². The van der Waals surface area contributed by atoms with Crippen LogP contribution in [0.25, 0.3) is 0 Å².